The highest BCUT2D eigenvalue weighted by atomic mass is 32.2. The Morgan fingerprint density at radius 2 is 2.16 bits per heavy atom. The first-order chi connectivity index (χ1) is 11.7. The molecule has 3 rings (SSSR count). The molecule has 9 heteroatoms. The second kappa shape index (κ2) is 6.53. The van der Waals surface area contributed by atoms with E-state index in [-0.39, 0.29) is 35.6 Å². The molecule has 0 aliphatic carbocycles. The number of fused-ring (bicyclic) bond motifs is 1. The Balaban J connectivity index is 1.87. The van der Waals surface area contributed by atoms with Gasteiger partial charge in [0.15, 0.2) is 9.84 Å². The van der Waals surface area contributed by atoms with Crippen LogP contribution in [0, 0.1) is 13.8 Å². The average molecular weight is 383 g/mol. The van der Waals surface area contributed by atoms with Crippen molar-refractivity contribution in [3.63, 3.8) is 0 Å². The van der Waals surface area contributed by atoms with Crippen molar-refractivity contribution in [1.82, 2.24) is 14.5 Å². The molecule has 0 N–H and O–H groups in total. The van der Waals surface area contributed by atoms with Crippen LogP contribution in [0.15, 0.2) is 11.1 Å². The summed E-state index contributed by atoms with van der Waals surface area (Å²) >= 11 is 1.46. The van der Waals surface area contributed by atoms with E-state index in [4.69, 9.17) is 0 Å². The maximum absolute atomic E-state index is 12.7. The summed E-state index contributed by atoms with van der Waals surface area (Å²) in [6.45, 7) is 5.93. The zero-order chi connectivity index (χ0) is 18.4. The van der Waals surface area contributed by atoms with Gasteiger partial charge in [0.2, 0.25) is 5.91 Å². The second-order valence-electron chi connectivity index (χ2n) is 6.38. The monoisotopic (exact) mass is 383 g/mol. The molecule has 1 fully saturated rings. The third-order valence-corrected chi connectivity index (χ3v) is 7.64. The topological polar surface area (TPSA) is 89.3 Å². The summed E-state index contributed by atoms with van der Waals surface area (Å²) in [6, 6.07) is -0.306. The van der Waals surface area contributed by atoms with Gasteiger partial charge < -0.3 is 4.90 Å². The van der Waals surface area contributed by atoms with Crippen molar-refractivity contribution in [3.8, 4) is 0 Å². The predicted octanol–water partition coefficient (Wildman–Crippen LogP) is 1.11. The Morgan fingerprint density at radius 3 is 2.76 bits per heavy atom. The van der Waals surface area contributed by atoms with Gasteiger partial charge in [0.1, 0.15) is 11.4 Å². The van der Waals surface area contributed by atoms with Gasteiger partial charge in [-0.2, -0.15) is 0 Å². The number of aromatic nitrogens is 2. The molecule has 0 spiro atoms. The Bertz CT molecular complexity index is 991. The third kappa shape index (κ3) is 3.35. The van der Waals surface area contributed by atoms with Gasteiger partial charge in [0.25, 0.3) is 5.56 Å². The lowest BCUT2D eigenvalue weighted by Gasteiger charge is -2.27. The maximum Gasteiger partial charge on any atom is 0.262 e. The van der Waals surface area contributed by atoms with Gasteiger partial charge in [-0.15, -0.1) is 11.3 Å². The number of amides is 1. The molecule has 1 amide bonds. The third-order valence-electron chi connectivity index (χ3n) is 4.77. The lowest BCUT2D eigenvalue weighted by molar-refractivity contribution is -0.133. The van der Waals surface area contributed by atoms with Crippen molar-refractivity contribution < 1.29 is 13.2 Å². The van der Waals surface area contributed by atoms with E-state index in [1.165, 1.54) is 22.2 Å². The first kappa shape index (κ1) is 18.1. The smallest absolute Gasteiger partial charge is 0.262 e. The Morgan fingerprint density at radius 1 is 1.44 bits per heavy atom. The van der Waals surface area contributed by atoms with Crippen LogP contribution in [0.2, 0.25) is 0 Å². The van der Waals surface area contributed by atoms with Gasteiger partial charge >= 0.3 is 0 Å². The summed E-state index contributed by atoms with van der Waals surface area (Å²) < 4.78 is 24.7. The zero-order valence-corrected chi connectivity index (χ0v) is 16.1. The molecule has 1 saturated heterocycles. The molecule has 1 atom stereocenters. The average Bonchev–Trinajstić information content (AvgIpc) is 3.03. The van der Waals surface area contributed by atoms with Gasteiger partial charge in [-0.3, -0.25) is 14.2 Å². The molecule has 0 saturated carbocycles. The van der Waals surface area contributed by atoms with Gasteiger partial charge in [-0.25, -0.2) is 13.4 Å². The van der Waals surface area contributed by atoms with Crippen LogP contribution in [-0.4, -0.2) is 52.9 Å². The predicted molar refractivity (Wildman–Crippen MR) is 97.8 cm³/mol. The van der Waals surface area contributed by atoms with Crippen molar-refractivity contribution in [3.05, 3.63) is 27.1 Å². The number of nitrogens with zero attached hydrogens (tertiary/aromatic N) is 3. The summed E-state index contributed by atoms with van der Waals surface area (Å²) in [7, 11) is -3.07. The SMILES string of the molecule is CCN(C(=O)Cn1cnc2sc(C)c(C)c2c1=O)[C@H]1CCS(=O)(=O)C1. The van der Waals surface area contributed by atoms with Gasteiger partial charge in [0.05, 0.1) is 23.2 Å². The van der Waals surface area contributed by atoms with Crippen molar-refractivity contribution >= 4 is 37.3 Å². The fraction of sp³-hybridized carbons (Fsp3) is 0.562. The van der Waals surface area contributed by atoms with Crippen LogP contribution in [0.25, 0.3) is 10.2 Å². The van der Waals surface area contributed by atoms with E-state index in [0.717, 1.165) is 10.4 Å². The fourth-order valence-electron chi connectivity index (χ4n) is 3.28. The molecule has 25 heavy (non-hydrogen) atoms. The minimum atomic E-state index is -3.07. The van der Waals surface area contributed by atoms with Gasteiger partial charge in [0, 0.05) is 17.5 Å². The molecular weight excluding hydrogens is 362 g/mol. The van der Waals surface area contributed by atoms with Crippen molar-refractivity contribution in [1.29, 1.82) is 0 Å². The molecule has 7 nitrogen and oxygen atoms in total. The highest BCUT2D eigenvalue weighted by molar-refractivity contribution is 7.91. The minimum Gasteiger partial charge on any atom is -0.337 e. The number of aryl methyl sites for hydroxylation is 2. The summed E-state index contributed by atoms with van der Waals surface area (Å²) in [4.78, 5) is 32.9. The summed E-state index contributed by atoms with van der Waals surface area (Å²) in [6.07, 6.45) is 1.86. The van der Waals surface area contributed by atoms with E-state index < -0.39 is 9.84 Å². The molecular formula is C16H21N3O4S2. The molecule has 0 aromatic carbocycles. The quantitative estimate of drug-likeness (QED) is 0.789. The summed E-state index contributed by atoms with van der Waals surface area (Å²) in [5, 5.41) is 0.560. The molecule has 0 bridgehead atoms. The lowest BCUT2D eigenvalue weighted by Crippen LogP contribution is -2.43. The lowest BCUT2D eigenvalue weighted by atomic mass is 10.2. The second-order valence-corrected chi connectivity index (χ2v) is 9.81. The number of sulfone groups is 1. The largest absolute Gasteiger partial charge is 0.337 e. The molecule has 2 aromatic rings. The molecule has 3 heterocycles. The van der Waals surface area contributed by atoms with E-state index in [0.29, 0.717) is 23.2 Å². The Labute approximate surface area is 150 Å². The molecule has 1 aliphatic rings. The molecule has 136 valence electrons. The van der Waals surface area contributed by atoms with E-state index in [9.17, 15) is 18.0 Å². The molecule has 0 unspecified atom stereocenters. The van der Waals surface area contributed by atoms with E-state index in [1.807, 2.05) is 20.8 Å². The molecule has 0 radical (unpaired) electrons. The van der Waals surface area contributed by atoms with Crippen molar-refractivity contribution in [2.75, 3.05) is 18.1 Å². The summed E-state index contributed by atoms with van der Waals surface area (Å²) in [5.74, 6) is -0.137. The number of carbonyl (C=O) groups is 1. The van der Waals surface area contributed by atoms with E-state index in [1.54, 1.807) is 4.90 Å². The van der Waals surface area contributed by atoms with Crippen LogP contribution in [0.1, 0.15) is 23.8 Å². The summed E-state index contributed by atoms with van der Waals surface area (Å²) in [5.41, 5.74) is 0.670. The minimum absolute atomic E-state index is 0.00158. The van der Waals surface area contributed by atoms with Crippen LogP contribution in [0.5, 0.6) is 0 Å². The Kier molecular flexibility index (Phi) is 4.72. The normalized spacial score (nSPS) is 19.4. The highest BCUT2D eigenvalue weighted by Crippen LogP contribution is 2.25. The standard InChI is InChI=1S/C16H21N3O4S2/c1-4-19(12-5-6-25(22,23)8-12)13(20)7-18-9-17-15-14(16(18)21)10(2)11(3)24-15/h9,12H,4-8H2,1-3H3/t12-/m0/s1. The molecule has 2 aromatic heterocycles. The highest BCUT2D eigenvalue weighted by Gasteiger charge is 2.34. The number of rotatable bonds is 4. The first-order valence-corrected chi connectivity index (χ1v) is 10.8. The van der Waals surface area contributed by atoms with Crippen LogP contribution in [0.3, 0.4) is 0 Å². The number of thiophene rings is 1. The van der Waals surface area contributed by atoms with Crippen molar-refractivity contribution in [2.24, 2.45) is 0 Å². The van der Waals surface area contributed by atoms with Crippen LogP contribution >= 0.6 is 11.3 Å². The first-order valence-electron chi connectivity index (χ1n) is 8.18. The Hall–Kier alpha value is -1.74. The van der Waals surface area contributed by atoms with Crippen LogP contribution in [-0.2, 0) is 21.2 Å². The van der Waals surface area contributed by atoms with Crippen molar-refractivity contribution in [2.45, 2.75) is 39.8 Å². The fourth-order valence-corrected chi connectivity index (χ4v) is 6.00. The number of carbonyl (C=O) groups excluding carboxylic acids is 1. The number of likely N-dealkylation sites (N-methyl/N-ethyl adjacent to an activating group) is 1. The maximum atomic E-state index is 12.7. The van der Waals surface area contributed by atoms with Gasteiger partial charge in [-0.05, 0) is 32.8 Å². The number of hydrogen-bond acceptors (Lipinski definition) is 6. The zero-order valence-electron chi connectivity index (χ0n) is 14.5. The van der Waals surface area contributed by atoms with Crippen LogP contribution < -0.4 is 5.56 Å². The van der Waals surface area contributed by atoms with Gasteiger partial charge in [-0.1, -0.05) is 0 Å². The number of hydrogen-bond donors (Lipinski definition) is 0. The van der Waals surface area contributed by atoms with Crippen LogP contribution in [0.4, 0.5) is 0 Å². The molecule has 1 aliphatic heterocycles. The van der Waals surface area contributed by atoms with E-state index in [2.05, 4.69) is 4.98 Å². The van der Waals surface area contributed by atoms with E-state index >= 15 is 0 Å².